The molecule has 0 radical (unpaired) electrons. The van der Waals surface area contributed by atoms with Gasteiger partial charge in [0.1, 0.15) is 5.82 Å². The van der Waals surface area contributed by atoms with E-state index in [1.54, 1.807) is 6.92 Å². The molecule has 0 bridgehead atoms. The summed E-state index contributed by atoms with van der Waals surface area (Å²) in [5.41, 5.74) is 0.548. The standard InChI is InChI=1S/C19H18Cl2FNO4S/c1-11-8-13(2-4-15(11)22)23-19(24)17-14(20)3-5-16(18(17)21)28(25,26)10-12-6-7-27-9-12/h2-5,8,12H,6-7,9-10H2,1H3,(H,23,24)/t12-/m0/s1. The highest BCUT2D eigenvalue weighted by Gasteiger charge is 2.29. The van der Waals surface area contributed by atoms with Crippen molar-refractivity contribution in [1.29, 1.82) is 0 Å². The van der Waals surface area contributed by atoms with Crippen LogP contribution in [0.25, 0.3) is 0 Å². The van der Waals surface area contributed by atoms with Gasteiger partial charge in [-0.25, -0.2) is 12.8 Å². The molecular weight excluding hydrogens is 428 g/mol. The molecule has 1 saturated heterocycles. The van der Waals surface area contributed by atoms with E-state index in [1.807, 2.05) is 0 Å². The topological polar surface area (TPSA) is 72.5 Å². The van der Waals surface area contributed by atoms with Crippen molar-refractivity contribution in [1.82, 2.24) is 0 Å². The van der Waals surface area contributed by atoms with Gasteiger partial charge in [-0.15, -0.1) is 0 Å². The molecule has 0 unspecified atom stereocenters. The zero-order chi connectivity index (χ0) is 20.5. The Bertz CT molecular complexity index is 1020. The van der Waals surface area contributed by atoms with Gasteiger partial charge in [0.05, 0.1) is 32.9 Å². The molecule has 1 aliphatic heterocycles. The zero-order valence-corrected chi connectivity index (χ0v) is 17.3. The first-order valence-corrected chi connectivity index (χ1v) is 11.0. The zero-order valence-electron chi connectivity index (χ0n) is 15.0. The molecule has 0 spiro atoms. The van der Waals surface area contributed by atoms with Crippen molar-refractivity contribution in [3.63, 3.8) is 0 Å². The Morgan fingerprint density at radius 2 is 2.04 bits per heavy atom. The van der Waals surface area contributed by atoms with Crippen molar-refractivity contribution < 1.29 is 22.3 Å². The summed E-state index contributed by atoms with van der Waals surface area (Å²) in [5, 5.41) is 2.35. The Morgan fingerprint density at radius 3 is 2.68 bits per heavy atom. The molecule has 5 nitrogen and oxygen atoms in total. The van der Waals surface area contributed by atoms with E-state index in [9.17, 15) is 17.6 Å². The van der Waals surface area contributed by atoms with E-state index < -0.39 is 21.6 Å². The number of carbonyl (C=O) groups is 1. The van der Waals surface area contributed by atoms with Crippen LogP contribution in [0.15, 0.2) is 35.2 Å². The molecule has 1 N–H and O–H groups in total. The van der Waals surface area contributed by atoms with Crippen LogP contribution in [-0.4, -0.2) is 33.3 Å². The largest absolute Gasteiger partial charge is 0.381 e. The number of aryl methyl sites for hydroxylation is 1. The number of nitrogens with one attached hydrogen (secondary N) is 1. The molecule has 2 aromatic rings. The van der Waals surface area contributed by atoms with Crippen LogP contribution in [0.4, 0.5) is 10.1 Å². The molecule has 2 aromatic carbocycles. The van der Waals surface area contributed by atoms with E-state index in [-0.39, 0.29) is 32.2 Å². The fourth-order valence-corrected chi connectivity index (χ4v) is 5.62. The normalized spacial score (nSPS) is 16.9. The fourth-order valence-electron chi connectivity index (χ4n) is 3.01. The highest BCUT2D eigenvalue weighted by molar-refractivity contribution is 7.91. The van der Waals surface area contributed by atoms with Crippen LogP contribution in [-0.2, 0) is 14.6 Å². The maximum atomic E-state index is 13.4. The molecule has 0 aromatic heterocycles. The second-order valence-electron chi connectivity index (χ2n) is 6.66. The quantitative estimate of drug-likeness (QED) is 0.734. The SMILES string of the molecule is Cc1cc(NC(=O)c2c(Cl)ccc(S(=O)(=O)C[C@H]3CCOC3)c2Cl)ccc1F. The summed E-state index contributed by atoms with van der Waals surface area (Å²) in [7, 11) is -3.73. The molecule has 1 atom stereocenters. The maximum absolute atomic E-state index is 13.4. The molecule has 1 fully saturated rings. The van der Waals surface area contributed by atoms with Gasteiger partial charge in [-0.2, -0.15) is 0 Å². The van der Waals surface area contributed by atoms with Gasteiger partial charge in [-0.3, -0.25) is 4.79 Å². The summed E-state index contributed by atoms with van der Waals surface area (Å²) in [5.74, 6) is -1.32. The molecule has 1 aliphatic rings. The molecule has 0 saturated carbocycles. The Morgan fingerprint density at radius 1 is 1.29 bits per heavy atom. The Balaban J connectivity index is 1.91. The Hall–Kier alpha value is -1.67. The summed E-state index contributed by atoms with van der Waals surface area (Å²) < 4.78 is 44.2. The molecule has 1 heterocycles. The van der Waals surface area contributed by atoms with Gasteiger partial charge < -0.3 is 10.1 Å². The Labute approximate surface area is 172 Å². The highest BCUT2D eigenvalue weighted by atomic mass is 35.5. The first-order chi connectivity index (χ1) is 13.2. The highest BCUT2D eigenvalue weighted by Crippen LogP contribution is 2.33. The average molecular weight is 446 g/mol. The lowest BCUT2D eigenvalue weighted by atomic mass is 10.1. The number of carbonyl (C=O) groups excluding carboxylic acids is 1. The van der Waals surface area contributed by atoms with Crippen molar-refractivity contribution in [2.45, 2.75) is 18.2 Å². The second kappa shape index (κ2) is 8.37. The van der Waals surface area contributed by atoms with Crippen LogP contribution in [0.3, 0.4) is 0 Å². The van der Waals surface area contributed by atoms with Crippen LogP contribution in [0.1, 0.15) is 22.3 Å². The van der Waals surface area contributed by atoms with Crippen LogP contribution < -0.4 is 5.32 Å². The fraction of sp³-hybridized carbons (Fsp3) is 0.316. The van der Waals surface area contributed by atoms with E-state index in [0.29, 0.717) is 30.9 Å². The van der Waals surface area contributed by atoms with Crippen molar-refractivity contribution in [2.24, 2.45) is 5.92 Å². The van der Waals surface area contributed by atoms with Gasteiger partial charge >= 0.3 is 0 Å². The van der Waals surface area contributed by atoms with E-state index in [4.69, 9.17) is 27.9 Å². The predicted octanol–water partition coefficient (Wildman–Crippen LogP) is 4.50. The second-order valence-corrected chi connectivity index (χ2v) is 9.45. The third kappa shape index (κ3) is 4.49. The van der Waals surface area contributed by atoms with Crippen LogP contribution >= 0.6 is 23.2 Å². The summed E-state index contributed by atoms with van der Waals surface area (Å²) in [4.78, 5) is 12.5. The third-order valence-electron chi connectivity index (χ3n) is 4.51. The number of hydrogen-bond acceptors (Lipinski definition) is 4. The summed E-state index contributed by atoms with van der Waals surface area (Å²) >= 11 is 12.4. The summed E-state index contributed by atoms with van der Waals surface area (Å²) in [6, 6.07) is 6.70. The average Bonchev–Trinajstić information content (AvgIpc) is 3.10. The number of sulfone groups is 1. The smallest absolute Gasteiger partial charge is 0.258 e. The van der Waals surface area contributed by atoms with Gasteiger partial charge in [-0.05, 0) is 55.2 Å². The van der Waals surface area contributed by atoms with E-state index in [0.717, 1.165) is 0 Å². The maximum Gasteiger partial charge on any atom is 0.258 e. The van der Waals surface area contributed by atoms with Crippen molar-refractivity contribution in [2.75, 3.05) is 24.3 Å². The Kier molecular flexibility index (Phi) is 6.29. The molecular formula is C19H18Cl2FNO4S. The van der Waals surface area contributed by atoms with Gasteiger partial charge in [0.2, 0.25) is 0 Å². The monoisotopic (exact) mass is 445 g/mol. The van der Waals surface area contributed by atoms with Crippen molar-refractivity contribution >= 4 is 44.6 Å². The predicted molar refractivity (Wildman–Crippen MR) is 107 cm³/mol. The van der Waals surface area contributed by atoms with E-state index >= 15 is 0 Å². The minimum Gasteiger partial charge on any atom is -0.381 e. The number of benzene rings is 2. The van der Waals surface area contributed by atoms with Crippen molar-refractivity contribution in [3.05, 3.63) is 57.3 Å². The first-order valence-electron chi connectivity index (χ1n) is 8.55. The van der Waals surface area contributed by atoms with Crippen molar-refractivity contribution in [3.8, 4) is 0 Å². The third-order valence-corrected chi connectivity index (χ3v) is 7.25. The lowest BCUT2D eigenvalue weighted by Gasteiger charge is -2.14. The van der Waals surface area contributed by atoms with Crippen LogP contribution in [0.2, 0.25) is 10.0 Å². The lowest BCUT2D eigenvalue weighted by Crippen LogP contribution is -2.19. The van der Waals surface area contributed by atoms with Gasteiger partial charge in [0.25, 0.3) is 5.91 Å². The number of amides is 1. The van der Waals surface area contributed by atoms with Gasteiger partial charge in [0, 0.05) is 12.3 Å². The number of ether oxygens (including phenoxy) is 1. The van der Waals surface area contributed by atoms with Crippen LogP contribution in [0.5, 0.6) is 0 Å². The molecule has 3 rings (SSSR count). The summed E-state index contributed by atoms with van der Waals surface area (Å²) in [6.45, 7) is 2.46. The number of hydrogen-bond donors (Lipinski definition) is 1. The molecule has 1 amide bonds. The van der Waals surface area contributed by atoms with Gasteiger partial charge in [0.15, 0.2) is 9.84 Å². The molecule has 9 heteroatoms. The number of halogens is 3. The molecule has 0 aliphatic carbocycles. The van der Waals surface area contributed by atoms with Gasteiger partial charge in [-0.1, -0.05) is 23.2 Å². The first kappa shape index (κ1) is 21.0. The number of anilines is 1. The van der Waals surface area contributed by atoms with E-state index in [2.05, 4.69) is 5.32 Å². The minimum absolute atomic E-state index is 0.0180. The van der Waals surface area contributed by atoms with E-state index in [1.165, 1.54) is 30.3 Å². The lowest BCUT2D eigenvalue weighted by molar-refractivity contribution is 0.102. The minimum atomic E-state index is -3.73. The molecule has 28 heavy (non-hydrogen) atoms. The summed E-state index contributed by atoms with van der Waals surface area (Å²) in [6.07, 6.45) is 0.654. The molecule has 150 valence electrons. The number of rotatable bonds is 5. The van der Waals surface area contributed by atoms with Crippen LogP contribution in [0, 0.1) is 18.7 Å².